The van der Waals surface area contributed by atoms with Crippen LogP contribution in [0.5, 0.6) is 5.75 Å². The number of hydrogen-bond donors (Lipinski definition) is 0. The number of nitrogens with zero attached hydrogens (tertiary/aromatic N) is 3. The fraction of sp³-hybridized carbons (Fsp3) is 0.412. The summed E-state index contributed by atoms with van der Waals surface area (Å²) < 4.78 is 7.11. The van der Waals surface area contributed by atoms with Crippen molar-refractivity contribution in [3.8, 4) is 5.75 Å². The van der Waals surface area contributed by atoms with Gasteiger partial charge in [0.1, 0.15) is 5.75 Å². The molecule has 5 nitrogen and oxygen atoms in total. The molecule has 1 atom stereocenters. The van der Waals surface area contributed by atoms with Gasteiger partial charge in [-0.3, -0.25) is 9.48 Å². The number of amides is 1. The Labute approximate surface area is 140 Å². The van der Waals surface area contributed by atoms with Crippen LogP contribution in [0.2, 0.25) is 5.02 Å². The van der Waals surface area contributed by atoms with E-state index in [1.165, 1.54) is 0 Å². The first kappa shape index (κ1) is 15.9. The fourth-order valence-electron chi connectivity index (χ4n) is 3.07. The van der Waals surface area contributed by atoms with Gasteiger partial charge in [-0.2, -0.15) is 5.10 Å². The largest absolute Gasteiger partial charge is 0.496 e. The first-order valence-corrected chi connectivity index (χ1v) is 8.08. The van der Waals surface area contributed by atoms with Crippen molar-refractivity contribution in [1.29, 1.82) is 0 Å². The third kappa shape index (κ3) is 3.34. The quantitative estimate of drug-likeness (QED) is 0.867. The van der Waals surface area contributed by atoms with Crippen molar-refractivity contribution < 1.29 is 9.53 Å². The number of methoxy groups -OCH3 is 1. The van der Waals surface area contributed by atoms with Crippen molar-refractivity contribution in [2.24, 2.45) is 7.05 Å². The summed E-state index contributed by atoms with van der Waals surface area (Å²) in [6.45, 7) is 1.42. The molecule has 0 radical (unpaired) electrons. The van der Waals surface area contributed by atoms with Gasteiger partial charge in [0.15, 0.2) is 0 Å². The van der Waals surface area contributed by atoms with Crippen LogP contribution in [0.4, 0.5) is 0 Å². The van der Waals surface area contributed by atoms with E-state index in [1.807, 2.05) is 24.2 Å². The maximum absolute atomic E-state index is 12.9. The number of rotatable bonds is 3. The van der Waals surface area contributed by atoms with Crippen LogP contribution in [-0.4, -0.2) is 40.8 Å². The molecule has 0 saturated carbocycles. The molecule has 2 aromatic rings. The first-order valence-electron chi connectivity index (χ1n) is 7.71. The van der Waals surface area contributed by atoms with Gasteiger partial charge in [-0.05, 0) is 37.1 Å². The third-order valence-corrected chi connectivity index (χ3v) is 4.49. The normalized spacial score (nSPS) is 18.0. The van der Waals surface area contributed by atoms with Gasteiger partial charge < -0.3 is 9.64 Å². The van der Waals surface area contributed by atoms with Crippen LogP contribution in [-0.2, 0) is 7.05 Å². The first-order chi connectivity index (χ1) is 11.1. The Bertz CT molecular complexity index is 714. The summed E-state index contributed by atoms with van der Waals surface area (Å²) in [5.74, 6) is 0.795. The van der Waals surface area contributed by atoms with E-state index in [2.05, 4.69) is 5.10 Å². The molecule has 1 aromatic carbocycles. The number of aromatic nitrogens is 2. The number of hydrogen-bond acceptors (Lipinski definition) is 3. The van der Waals surface area contributed by atoms with Crippen molar-refractivity contribution in [1.82, 2.24) is 14.7 Å². The van der Waals surface area contributed by atoms with Gasteiger partial charge >= 0.3 is 0 Å². The zero-order valence-electron chi connectivity index (χ0n) is 13.3. The molecule has 3 rings (SSSR count). The van der Waals surface area contributed by atoms with Gasteiger partial charge in [-0.15, -0.1) is 0 Å². The van der Waals surface area contributed by atoms with Crippen LogP contribution >= 0.6 is 11.6 Å². The van der Waals surface area contributed by atoms with Crippen LogP contribution < -0.4 is 4.74 Å². The van der Waals surface area contributed by atoms with Crippen LogP contribution in [0.3, 0.4) is 0 Å². The highest BCUT2D eigenvalue weighted by Crippen LogP contribution is 2.29. The predicted molar refractivity (Wildman–Crippen MR) is 89.1 cm³/mol. The molecule has 1 amide bonds. The fourth-order valence-corrected chi connectivity index (χ4v) is 3.24. The minimum atomic E-state index is -0.0371. The van der Waals surface area contributed by atoms with Crippen LogP contribution in [0.15, 0.2) is 30.5 Å². The number of ether oxygens (including phenoxy) is 1. The Balaban J connectivity index is 1.81. The lowest BCUT2D eigenvalue weighted by molar-refractivity contribution is 0.0702. The van der Waals surface area contributed by atoms with Crippen LogP contribution in [0.1, 0.15) is 34.8 Å². The van der Waals surface area contributed by atoms with Gasteiger partial charge in [0.2, 0.25) is 0 Å². The monoisotopic (exact) mass is 333 g/mol. The number of carbonyl (C=O) groups excluding carboxylic acids is 1. The summed E-state index contributed by atoms with van der Waals surface area (Å²) in [5.41, 5.74) is 1.56. The number of carbonyl (C=O) groups is 1. The molecular formula is C17H20ClN3O2. The Morgan fingerprint density at radius 3 is 2.91 bits per heavy atom. The highest BCUT2D eigenvalue weighted by molar-refractivity contribution is 6.31. The molecule has 0 spiro atoms. The molecule has 1 aliphatic rings. The number of likely N-dealkylation sites (tertiary alicyclic amines) is 1. The zero-order valence-corrected chi connectivity index (χ0v) is 14.1. The second-order valence-corrected chi connectivity index (χ2v) is 6.29. The maximum Gasteiger partial charge on any atom is 0.257 e. The predicted octanol–water partition coefficient (Wildman–Crippen LogP) is 3.10. The van der Waals surface area contributed by atoms with Crippen LogP contribution in [0.25, 0.3) is 0 Å². The number of aryl methyl sites for hydroxylation is 1. The minimum absolute atomic E-state index is 0.0371. The van der Waals surface area contributed by atoms with Crippen molar-refractivity contribution >= 4 is 17.5 Å². The maximum atomic E-state index is 12.9. The summed E-state index contributed by atoms with van der Waals surface area (Å²) in [6.07, 6.45) is 3.96. The molecule has 0 bridgehead atoms. The second kappa shape index (κ2) is 6.62. The van der Waals surface area contributed by atoms with Gasteiger partial charge in [0, 0.05) is 37.3 Å². The van der Waals surface area contributed by atoms with Crippen molar-refractivity contribution in [2.45, 2.75) is 18.8 Å². The summed E-state index contributed by atoms with van der Waals surface area (Å²) >= 11 is 6.05. The molecule has 1 unspecified atom stereocenters. The summed E-state index contributed by atoms with van der Waals surface area (Å²) in [6, 6.07) is 7.16. The van der Waals surface area contributed by atoms with Gasteiger partial charge in [-0.1, -0.05) is 11.6 Å². The SMILES string of the molecule is COc1ccc(Cl)cc1C(=O)N1CCCC(c2ccn(C)n2)C1. The highest BCUT2D eigenvalue weighted by Gasteiger charge is 2.28. The molecule has 6 heteroatoms. The average molecular weight is 334 g/mol. The number of halogens is 1. The van der Waals surface area contributed by atoms with Crippen molar-refractivity contribution in [3.05, 3.63) is 46.7 Å². The van der Waals surface area contributed by atoms with E-state index >= 15 is 0 Å². The lowest BCUT2D eigenvalue weighted by Crippen LogP contribution is -2.39. The van der Waals surface area contributed by atoms with E-state index in [9.17, 15) is 4.79 Å². The van der Waals surface area contributed by atoms with E-state index in [4.69, 9.17) is 16.3 Å². The van der Waals surface area contributed by atoms with E-state index in [-0.39, 0.29) is 11.8 Å². The third-order valence-electron chi connectivity index (χ3n) is 4.25. The lowest BCUT2D eigenvalue weighted by Gasteiger charge is -2.32. The molecule has 0 N–H and O–H groups in total. The van der Waals surface area contributed by atoms with E-state index in [1.54, 1.807) is 30.0 Å². The summed E-state index contributed by atoms with van der Waals surface area (Å²) in [7, 11) is 3.47. The average Bonchev–Trinajstić information content (AvgIpc) is 3.01. The molecule has 1 aliphatic heterocycles. The van der Waals surface area contributed by atoms with E-state index < -0.39 is 0 Å². The smallest absolute Gasteiger partial charge is 0.257 e. The van der Waals surface area contributed by atoms with Crippen LogP contribution in [0, 0.1) is 0 Å². The molecule has 1 aromatic heterocycles. The summed E-state index contributed by atoms with van der Waals surface area (Å²) in [5, 5.41) is 5.02. The van der Waals surface area contributed by atoms with E-state index in [0.717, 1.165) is 25.1 Å². The summed E-state index contributed by atoms with van der Waals surface area (Å²) in [4.78, 5) is 14.7. The molecular weight excluding hydrogens is 314 g/mol. The molecule has 1 saturated heterocycles. The molecule has 23 heavy (non-hydrogen) atoms. The zero-order chi connectivity index (χ0) is 16.4. The standard InChI is InChI=1S/C17H20ClN3O2/c1-20-9-7-15(19-20)12-4-3-8-21(11-12)17(22)14-10-13(18)5-6-16(14)23-2/h5-7,9-10,12H,3-4,8,11H2,1-2H3. The molecule has 0 aliphatic carbocycles. The second-order valence-electron chi connectivity index (χ2n) is 5.85. The van der Waals surface area contributed by atoms with Gasteiger partial charge in [-0.25, -0.2) is 0 Å². The molecule has 2 heterocycles. The van der Waals surface area contributed by atoms with Crippen molar-refractivity contribution in [3.63, 3.8) is 0 Å². The molecule has 122 valence electrons. The minimum Gasteiger partial charge on any atom is -0.496 e. The topological polar surface area (TPSA) is 47.4 Å². The highest BCUT2D eigenvalue weighted by atomic mass is 35.5. The molecule has 1 fully saturated rings. The van der Waals surface area contributed by atoms with Gasteiger partial charge in [0.25, 0.3) is 5.91 Å². The Hall–Kier alpha value is -2.01. The van der Waals surface area contributed by atoms with Gasteiger partial charge in [0.05, 0.1) is 18.4 Å². The Morgan fingerprint density at radius 1 is 1.39 bits per heavy atom. The Morgan fingerprint density at radius 2 is 2.22 bits per heavy atom. The lowest BCUT2D eigenvalue weighted by atomic mass is 9.94. The number of benzene rings is 1. The van der Waals surface area contributed by atoms with Crippen molar-refractivity contribution in [2.75, 3.05) is 20.2 Å². The van der Waals surface area contributed by atoms with E-state index in [0.29, 0.717) is 22.9 Å². The number of piperidine rings is 1. The Kier molecular flexibility index (Phi) is 4.57.